The van der Waals surface area contributed by atoms with Crippen molar-refractivity contribution in [1.82, 2.24) is 15.1 Å². The molecular formula is C15H16ClN3O2. The smallest absolute Gasteiger partial charge is 0.266 e. The van der Waals surface area contributed by atoms with Crippen LogP contribution in [0.25, 0.3) is 0 Å². The van der Waals surface area contributed by atoms with Crippen LogP contribution in [0.3, 0.4) is 0 Å². The van der Waals surface area contributed by atoms with E-state index in [1.165, 1.54) is 10.7 Å². The average molecular weight is 306 g/mol. The molecule has 1 amide bonds. The summed E-state index contributed by atoms with van der Waals surface area (Å²) < 4.78 is 1.38. The summed E-state index contributed by atoms with van der Waals surface area (Å²) in [5.41, 5.74) is 0.664. The fraction of sp³-hybridized carbons (Fsp3) is 0.267. The number of aromatic nitrogens is 2. The molecule has 2 aromatic rings. The maximum absolute atomic E-state index is 11.8. The molecule has 0 aliphatic rings. The predicted molar refractivity (Wildman–Crippen MR) is 81.3 cm³/mol. The fourth-order valence-corrected chi connectivity index (χ4v) is 2.09. The zero-order valence-corrected chi connectivity index (χ0v) is 12.2. The van der Waals surface area contributed by atoms with Gasteiger partial charge in [-0.3, -0.25) is 9.59 Å². The van der Waals surface area contributed by atoms with Crippen LogP contribution in [0.1, 0.15) is 12.0 Å². The number of aryl methyl sites for hydroxylation is 1. The van der Waals surface area contributed by atoms with Crippen LogP contribution in [0.5, 0.6) is 0 Å². The molecule has 0 aliphatic heterocycles. The van der Waals surface area contributed by atoms with Crippen LogP contribution in [0.15, 0.2) is 47.4 Å². The number of rotatable bonds is 6. The van der Waals surface area contributed by atoms with Gasteiger partial charge in [0.2, 0.25) is 5.91 Å². The van der Waals surface area contributed by atoms with Gasteiger partial charge in [-0.25, -0.2) is 4.68 Å². The summed E-state index contributed by atoms with van der Waals surface area (Å²) in [6, 6.07) is 10.3. The number of nitrogens with zero attached hydrogens (tertiary/aromatic N) is 2. The average Bonchev–Trinajstić information content (AvgIpc) is 2.48. The van der Waals surface area contributed by atoms with Gasteiger partial charge in [0.25, 0.3) is 5.56 Å². The molecule has 1 heterocycles. The van der Waals surface area contributed by atoms with Crippen LogP contribution < -0.4 is 10.9 Å². The van der Waals surface area contributed by atoms with E-state index in [0.29, 0.717) is 24.5 Å². The Bertz CT molecular complexity index is 670. The highest BCUT2D eigenvalue weighted by atomic mass is 35.5. The Balaban J connectivity index is 1.74. The summed E-state index contributed by atoms with van der Waals surface area (Å²) in [5, 5.41) is 7.35. The van der Waals surface area contributed by atoms with Gasteiger partial charge in [-0.15, -0.1) is 0 Å². The first-order chi connectivity index (χ1) is 10.2. The first-order valence-electron chi connectivity index (χ1n) is 6.69. The summed E-state index contributed by atoms with van der Waals surface area (Å²) in [6.45, 7) is 0.971. The third kappa shape index (κ3) is 4.72. The summed E-state index contributed by atoms with van der Waals surface area (Å²) in [4.78, 5) is 23.2. The lowest BCUT2D eigenvalue weighted by molar-refractivity contribution is -0.120. The number of benzene rings is 1. The molecule has 110 valence electrons. The Hall–Kier alpha value is -2.14. The highest BCUT2D eigenvalue weighted by Crippen LogP contribution is 2.15. The van der Waals surface area contributed by atoms with E-state index in [0.717, 1.165) is 5.56 Å². The topological polar surface area (TPSA) is 64.0 Å². The van der Waals surface area contributed by atoms with E-state index in [4.69, 9.17) is 11.6 Å². The van der Waals surface area contributed by atoms with E-state index in [9.17, 15) is 9.59 Å². The second-order valence-electron chi connectivity index (χ2n) is 4.56. The molecule has 6 heteroatoms. The van der Waals surface area contributed by atoms with Crippen molar-refractivity contribution in [3.05, 3.63) is 63.5 Å². The number of carbonyl (C=O) groups excluding carboxylic acids is 1. The molecule has 0 unspecified atom stereocenters. The molecule has 0 fully saturated rings. The standard InChI is InChI=1S/C15H16ClN3O2/c16-13-6-2-1-5-12(13)11-14(20)17-8-4-10-19-15(21)7-3-9-18-19/h1-3,5-7,9H,4,8,10-11H2,(H,17,20). The maximum atomic E-state index is 11.8. The first-order valence-corrected chi connectivity index (χ1v) is 7.07. The van der Waals surface area contributed by atoms with Gasteiger partial charge in [-0.2, -0.15) is 5.10 Å². The minimum Gasteiger partial charge on any atom is -0.356 e. The SMILES string of the molecule is O=C(Cc1ccccc1Cl)NCCCn1ncccc1=O. The van der Waals surface area contributed by atoms with Crippen LogP contribution in [-0.4, -0.2) is 22.2 Å². The highest BCUT2D eigenvalue weighted by Gasteiger charge is 2.05. The molecule has 2 rings (SSSR count). The van der Waals surface area contributed by atoms with Crippen LogP contribution in [-0.2, 0) is 17.8 Å². The normalized spacial score (nSPS) is 10.3. The number of halogens is 1. The van der Waals surface area contributed by atoms with Crippen LogP contribution >= 0.6 is 11.6 Å². The Morgan fingerprint density at radius 1 is 1.24 bits per heavy atom. The van der Waals surface area contributed by atoms with Gasteiger partial charge in [0.05, 0.1) is 6.42 Å². The zero-order valence-electron chi connectivity index (χ0n) is 11.5. The lowest BCUT2D eigenvalue weighted by atomic mass is 10.1. The molecule has 1 aromatic carbocycles. The second-order valence-corrected chi connectivity index (χ2v) is 4.96. The molecular weight excluding hydrogens is 290 g/mol. The summed E-state index contributed by atoms with van der Waals surface area (Å²) in [7, 11) is 0. The van der Waals surface area contributed by atoms with Gasteiger partial charge in [-0.05, 0) is 24.1 Å². The molecule has 1 aromatic heterocycles. The third-order valence-electron chi connectivity index (χ3n) is 2.96. The van der Waals surface area contributed by atoms with Gasteiger partial charge in [0.1, 0.15) is 0 Å². The molecule has 21 heavy (non-hydrogen) atoms. The van der Waals surface area contributed by atoms with Crippen molar-refractivity contribution < 1.29 is 4.79 Å². The molecule has 5 nitrogen and oxygen atoms in total. The van der Waals surface area contributed by atoms with Crippen molar-refractivity contribution in [3.63, 3.8) is 0 Å². The van der Waals surface area contributed by atoms with Crippen LogP contribution in [0, 0.1) is 0 Å². The second kappa shape index (κ2) is 7.59. The van der Waals surface area contributed by atoms with E-state index in [1.54, 1.807) is 18.3 Å². The molecule has 1 N–H and O–H groups in total. The molecule has 0 atom stereocenters. The minimum absolute atomic E-state index is 0.0866. The van der Waals surface area contributed by atoms with Gasteiger partial charge < -0.3 is 5.32 Å². The van der Waals surface area contributed by atoms with E-state index in [-0.39, 0.29) is 17.9 Å². The Kier molecular flexibility index (Phi) is 5.51. The molecule has 0 saturated heterocycles. The number of nitrogens with one attached hydrogen (secondary N) is 1. The lowest BCUT2D eigenvalue weighted by Crippen LogP contribution is -2.28. The number of amides is 1. The van der Waals surface area contributed by atoms with E-state index in [2.05, 4.69) is 10.4 Å². The monoisotopic (exact) mass is 305 g/mol. The molecule has 0 saturated carbocycles. The quantitative estimate of drug-likeness (QED) is 0.825. The molecule has 0 spiro atoms. The Morgan fingerprint density at radius 2 is 2.05 bits per heavy atom. The van der Waals surface area contributed by atoms with Gasteiger partial charge in [0, 0.05) is 30.4 Å². The van der Waals surface area contributed by atoms with Crippen molar-refractivity contribution in [1.29, 1.82) is 0 Å². The summed E-state index contributed by atoms with van der Waals surface area (Å²) in [5.74, 6) is -0.0866. The maximum Gasteiger partial charge on any atom is 0.266 e. The van der Waals surface area contributed by atoms with Crippen molar-refractivity contribution in [2.45, 2.75) is 19.4 Å². The summed E-state index contributed by atoms with van der Waals surface area (Å²) in [6.07, 6.45) is 2.46. The van der Waals surface area contributed by atoms with Crippen molar-refractivity contribution in [2.24, 2.45) is 0 Å². The zero-order chi connectivity index (χ0) is 15.1. The van der Waals surface area contributed by atoms with Crippen molar-refractivity contribution >= 4 is 17.5 Å². The Morgan fingerprint density at radius 3 is 2.81 bits per heavy atom. The number of hydrogen-bond donors (Lipinski definition) is 1. The van der Waals surface area contributed by atoms with Gasteiger partial charge >= 0.3 is 0 Å². The van der Waals surface area contributed by atoms with E-state index in [1.807, 2.05) is 18.2 Å². The van der Waals surface area contributed by atoms with E-state index < -0.39 is 0 Å². The minimum atomic E-state index is -0.139. The predicted octanol–water partition coefficient (Wildman–Crippen LogP) is 1.65. The third-order valence-corrected chi connectivity index (χ3v) is 3.33. The van der Waals surface area contributed by atoms with Crippen LogP contribution in [0.4, 0.5) is 0 Å². The largest absolute Gasteiger partial charge is 0.356 e. The molecule has 0 radical (unpaired) electrons. The van der Waals surface area contributed by atoms with Gasteiger partial charge in [0.15, 0.2) is 0 Å². The summed E-state index contributed by atoms with van der Waals surface area (Å²) >= 11 is 6.00. The first kappa shape index (κ1) is 15.3. The number of carbonyl (C=O) groups is 1. The highest BCUT2D eigenvalue weighted by molar-refractivity contribution is 6.31. The molecule has 0 bridgehead atoms. The van der Waals surface area contributed by atoms with Crippen molar-refractivity contribution in [3.8, 4) is 0 Å². The molecule has 0 aliphatic carbocycles. The van der Waals surface area contributed by atoms with Gasteiger partial charge in [-0.1, -0.05) is 29.8 Å². The lowest BCUT2D eigenvalue weighted by Gasteiger charge is -2.07. The number of hydrogen-bond acceptors (Lipinski definition) is 3. The van der Waals surface area contributed by atoms with Crippen molar-refractivity contribution in [2.75, 3.05) is 6.54 Å². The van der Waals surface area contributed by atoms with Crippen LogP contribution in [0.2, 0.25) is 5.02 Å². The van der Waals surface area contributed by atoms with E-state index >= 15 is 0 Å². The Labute approximate surface area is 127 Å². The fourth-order valence-electron chi connectivity index (χ4n) is 1.89.